The van der Waals surface area contributed by atoms with Crippen molar-refractivity contribution in [1.29, 1.82) is 0 Å². The fraction of sp³-hybridized carbons (Fsp3) is 0.429. The Morgan fingerprint density at radius 2 is 2.12 bits per heavy atom. The molecule has 0 aliphatic carbocycles. The van der Waals surface area contributed by atoms with Crippen molar-refractivity contribution < 1.29 is 4.74 Å². The predicted molar refractivity (Wildman–Crippen MR) is 74.6 cm³/mol. The molecule has 1 atom stereocenters. The molecule has 0 aliphatic rings. The number of halogens is 1. The molecular formula is C14H20ClNO. The Morgan fingerprint density at radius 3 is 2.76 bits per heavy atom. The van der Waals surface area contributed by atoms with E-state index in [0.717, 1.165) is 24.3 Å². The first-order valence-corrected chi connectivity index (χ1v) is 5.65. The second-order valence-electron chi connectivity index (χ2n) is 3.79. The van der Waals surface area contributed by atoms with E-state index in [2.05, 4.69) is 31.2 Å². The summed E-state index contributed by atoms with van der Waals surface area (Å²) in [5.41, 5.74) is 1.15. The number of benzene rings is 1. The molecule has 1 unspecified atom stereocenters. The van der Waals surface area contributed by atoms with Gasteiger partial charge in [0.15, 0.2) is 0 Å². The number of hydrogen-bond acceptors (Lipinski definition) is 2. The zero-order chi connectivity index (χ0) is 11.8. The number of rotatable bonds is 6. The molecule has 0 amide bonds. The molecule has 0 saturated carbocycles. The van der Waals surface area contributed by atoms with Crippen LogP contribution in [0.1, 0.15) is 25.8 Å². The summed E-state index contributed by atoms with van der Waals surface area (Å²) in [5, 5.41) is 3.43. The monoisotopic (exact) mass is 253 g/mol. The van der Waals surface area contributed by atoms with E-state index in [9.17, 15) is 0 Å². The molecule has 17 heavy (non-hydrogen) atoms. The van der Waals surface area contributed by atoms with E-state index < -0.39 is 0 Å². The van der Waals surface area contributed by atoms with Crippen molar-refractivity contribution in [3.8, 4) is 18.1 Å². The lowest BCUT2D eigenvalue weighted by Crippen LogP contribution is -2.24. The summed E-state index contributed by atoms with van der Waals surface area (Å²) in [6, 6.07) is 8.49. The lowest BCUT2D eigenvalue weighted by Gasteiger charge is -2.14. The Kier molecular flexibility index (Phi) is 8.31. The average molecular weight is 254 g/mol. The molecule has 0 bridgehead atoms. The van der Waals surface area contributed by atoms with Gasteiger partial charge in [0.1, 0.15) is 12.4 Å². The average Bonchev–Trinajstić information content (AvgIpc) is 2.34. The highest BCUT2D eigenvalue weighted by atomic mass is 35.5. The van der Waals surface area contributed by atoms with Gasteiger partial charge in [-0.25, -0.2) is 0 Å². The highest BCUT2D eigenvalue weighted by molar-refractivity contribution is 5.85. The summed E-state index contributed by atoms with van der Waals surface area (Å²) in [7, 11) is 0. The third kappa shape index (κ3) is 5.63. The van der Waals surface area contributed by atoms with Crippen LogP contribution in [0.3, 0.4) is 0 Å². The fourth-order valence-corrected chi connectivity index (χ4v) is 1.34. The lowest BCUT2D eigenvalue weighted by atomic mass is 10.2. The number of ether oxygens (including phenoxy) is 1. The van der Waals surface area contributed by atoms with Gasteiger partial charge in [-0.1, -0.05) is 31.0 Å². The van der Waals surface area contributed by atoms with Gasteiger partial charge >= 0.3 is 0 Å². The number of para-hydroxylation sites is 1. The molecule has 1 aromatic rings. The van der Waals surface area contributed by atoms with Gasteiger partial charge in [0.25, 0.3) is 0 Å². The van der Waals surface area contributed by atoms with E-state index in [0.29, 0.717) is 12.6 Å². The lowest BCUT2D eigenvalue weighted by molar-refractivity contribution is 0.363. The first-order chi connectivity index (χ1) is 7.77. The topological polar surface area (TPSA) is 21.3 Å². The van der Waals surface area contributed by atoms with E-state index in [-0.39, 0.29) is 12.4 Å². The van der Waals surface area contributed by atoms with Gasteiger partial charge in [-0.3, -0.25) is 0 Å². The minimum absolute atomic E-state index is 0. The summed E-state index contributed by atoms with van der Waals surface area (Å²) in [6.07, 6.45) is 6.30. The maximum absolute atomic E-state index is 5.48. The van der Waals surface area contributed by atoms with Crippen LogP contribution in [-0.2, 0) is 6.54 Å². The zero-order valence-corrected chi connectivity index (χ0v) is 11.2. The van der Waals surface area contributed by atoms with Gasteiger partial charge in [0.05, 0.1) is 0 Å². The largest absolute Gasteiger partial charge is 0.481 e. The van der Waals surface area contributed by atoms with Gasteiger partial charge in [0, 0.05) is 18.2 Å². The maximum Gasteiger partial charge on any atom is 0.148 e. The van der Waals surface area contributed by atoms with Crippen molar-refractivity contribution in [2.45, 2.75) is 32.9 Å². The molecule has 0 aromatic heterocycles. The first-order valence-electron chi connectivity index (χ1n) is 5.65. The summed E-state index contributed by atoms with van der Waals surface area (Å²) in [5.74, 6) is 3.35. The Bertz CT molecular complexity index is 359. The minimum atomic E-state index is 0. The zero-order valence-electron chi connectivity index (χ0n) is 10.4. The van der Waals surface area contributed by atoms with Gasteiger partial charge in [0.2, 0.25) is 0 Å². The molecule has 0 aliphatic heterocycles. The molecule has 0 saturated heterocycles. The molecule has 1 rings (SSSR count). The molecule has 94 valence electrons. The second kappa shape index (κ2) is 8.92. The highest BCUT2D eigenvalue weighted by Crippen LogP contribution is 2.17. The normalized spacial score (nSPS) is 11.1. The van der Waals surface area contributed by atoms with Gasteiger partial charge < -0.3 is 10.1 Å². The molecule has 0 radical (unpaired) electrons. The van der Waals surface area contributed by atoms with Crippen molar-refractivity contribution in [2.24, 2.45) is 0 Å². The van der Waals surface area contributed by atoms with Crippen LogP contribution in [0.2, 0.25) is 0 Å². The molecule has 0 spiro atoms. The van der Waals surface area contributed by atoms with E-state index in [4.69, 9.17) is 11.2 Å². The minimum Gasteiger partial charge on any atom is -0.481 e. The van der Waals surface area contributed by atoms with Gasteiger partial charge in [-0.15, -0.1) is 18.8 Å². The van der Waals surface area contributed by atoms with Gasteiger partial charge in [-0.05, 0) is 19.4 Å². The van der Waals surface area contributed by atoms with Crippen molar-refractivity contribution in [3.63, 3.8) is 0 Å². The fourth-order valence-electron chi connectivity index (χ4n) is 1.34. The highest BCUT2D eigenvalue weighted by Gasteiger charge is 2.03. The van der Waals surface area contributed by atoms with Crippen molar-refractivity contribution >= 4 is 12.4 Å². The number of nitrogens with one attached hydrogen (secondary N) is 1. The standard InChI is InChI=1S/C14H19NO.ClH/c1-4-10-16-14-9-7-6-8-13(14)11-15-12(3)5-2;/h1,6-9,12,15H,5,10-11H2,2-3H3;1H. The summed E-state index contributed by atoms with van der Waals surface area (Å²) >= 11 is 0. The molecular weight excluding hydrogens is 234 g/mol. The van der Waals surface area contributed by atoms with E-state index in [1.807, 2.05) is 18.2 Å². The Balaban J connectivity index is 0.00000256. The van der Waals surface area contributed by atoms with E-state index >= 15 is 0 Å². The summed E-state index contributed by atoms with van der Waals surface area (Å²) < 4.78 is 5.48. The summed E-state index contributed by atoms with van der Waals surface area (Å²) in [6.45, 7) is 5.47. The Labute approximate surface area is 110 Å². The van der Waals surface area contributed by atoms with Crippen LogP contribution >= 0.6 is 12.4 Å². The van der Waals surface area contributed by atoms with Crippen molar-refractivity contribution in [1.82, 2.24) is 5.32 Å². The van der Waals surface area contributed by atoms with Crippen LogP contribution < -0.4 is 10.1 Å². The van der Waals surface area contributed by atoms with Crippen molar-refractivity contribution in [2.75, 3.05) is 6.61 Å². The van der Waals surface area contributed by atoms with Crippen LogP contribution in [-0.4, -0.2) is 12.6 Å². The van der Waals surface area contributed by atoms with Crippen LogP contribution in [0.25, 0.3) is 0 Å². The Morgan fingerprint density at radius 1 is 1.41 bits per heavy atom. The molecule has 1 N–H and O–H groups in total. The van der Waals surface area contributed by atoms with E-state index in [1.165, 1.54) is 0 Å². The molecule has 3 heteroatoms. The first kappa shape index (κ1) is 15.8. The quantitative estimate of drug-likeness (QED) is 0.787. The van der Waals surface area contributed by atoms with Crippen LogP contribution in [0.5, 0.6) is 5.75 Å². The molecule has 0 heterocycles. The SMILES string of the molecule is C#CCOc1ccccc1CNC(C)CC.Cl. The van der Waals surface area contributed by atoms with Crippen molar-refractivity contribution in [3.05, 3.63) is 29.8 Å². The third-order valence-corrected chi connectivity index (χ3v) is 2.54. The van der Waals surface area contributed by atoms with Crippen LogP contribution in [0.4, 0.5) is 0 Å². The molecule has 1 aromatic carbocycles. The number of hydrogen-bond donors (Lipinski definition) is 1. The van der Waals surface area contributed by atoms with Crippen LogP contribution in [0.15, 0.2) is 24.3 Å². The van der Waals surface area contributed by atoms with E-state index in [1.54, 1.807) is 0 Å². The summed E-state index contributed by atoms with van der Waals surface area (Å²) in [4.78, 5) is 0. The molecule has 0 fully saturated rings. The van der Waals surface area contributed by atoms with Gasteiger partial charge in [-0.2, -0.15) is 0 Å². The molecule has 2 nitrogen and oxygen atoms in total. The smallest absolute Gasteiger partial charge is 0.148 e. The predicted octanol–water partition coefficient (Wildman–Crippen LogP) is 3.01. The Hall–Kier alpha value is -1.17. The maximum atomic E-state index is 5.48. The second-order valence-corrected chi connectivity index (χ2v) is 3.79. The number of terminal acetylenes is 1. The van der Waals surface area contributed by atoms with Crippen LogP contribution in [0, 0.1) is 12.3 Å². The third-order valence-electron chi connectivity index (χ3n) is 2.54.